The first-order valence-electron chi connectivity index (χ1n) is 2.82. The van der Waals surface area contributed by atoms with Crippen LogP contribution in [0.1, 0.15) is 6.92 Å². The Hall–Kier alpha value is -1.06. The van der Waals surface area contributed by atoms with Crippen LogP contribution in [-0.2, 0) is 0 Å². The van der Waals surface area contributed by atoms with Crippen molar-refractivity contribution in [3.8, 4) is 0 Å². The third-order valence-electron chi connectivity index (χ3n) is 1.15. The molecule has 1 aromatic heterocycles. The smallest absolute Gasteiger partial charge is 0.323 e. The second-order valence-electron chi connectivity index (χ2n) is 1.74. The van der Waals surface area contributed by atoms with Gasteiger partial charge in [0.1, 0.15) is 0 Å². The molecule has 0 amide bonds. The monoisotopic (exact) mass is 127 g/mol. The van der Waals surface area contributed by atoms with Crippen LogP contribution in [-0.4, -0.2) is 23.7 Å². The first-order valence-corrected chi connectivity index (χ1v) is 2.82. The first kappa shape index (κ1) is 6.07. The summed E-state index contributed by atoms with van der Waals surface area (Å²) in [4.78, 5) is 5.70. The van der Waals surface area contributed by atoms with E-state index in [2.05, 4.69) is 10.1 Å². The number of aromatic nitrogens is 2. The van der Waals surface area contributed by atoms with E-state index in [0.717, 1.165) is 6.54 Å². The van der Waals surface area contributed by atoms with E-state index in [1.807, 2.05) is 18.9 Å². The summed E-state index contributed by atoms with van der Waals surface area (Å²) in [5.41, 5.74) is 0. The zero-order valence-corrected chi connectivity index (χ0v) is 5.53. The summed E-state index contributed by atoms with van der Waals surface area (Å²) < 4.78 is 4.75. The van der Waals surface area contributed by atoms with Gasteiger partial charge in [-0.3, -0.25) is 0 Å². The zero-order chi connectivity index (χ0) is 6.69. The molecule has 50 valence electrons. The summed E-state index contributed by atoms with van der Waals surface area (Å²) in [5, 5.41) is 3.46. The van der Waals surface area contributed by atoms with Crippen molar-refractivity contribution in [2.75, 3.05) is 18.5 Å². The SMILES string of the molecule is CCN(C)c1ncno1. The van der Waals surface area contributed by atoms with Gasteiger partial charge in [0.15, 0.2) is 6.33 Å². The minimum Gasteiger partial charge on any atom is -0.328 e. The van der Waals surface area contributed by atoms with Crippen LogP contribution in [0.15, 0.2) is 10.9 Å². The van der Waals surface area contributed by atoms with E-state index in [4.69, 9.17) is 4.52 Å². The number of anilines is 1. The van der Waals surface area contributed by atoms with Crippen LogP contribution in [0.25, 0.3) is 0 Å². The predicted molar refractivity (Wildman–Crippen MR) is 33.2 cm³/mol. The maximum atomic E-state index is 4.75. The molecule has 0 radical (unpaired) electrons. The third-order valence-corrected chi connectivity index (χ3v) is 1.15. The van der Waals surface area contributed by atoms with Crippen LogP contribution in [0.4, 0.5) is 6.01 Å². The molecule has 0 bridgehead atoms. The predicted octanol–water partition coefficient (Wildman–Crippen LogP) is 0.526. The maximum Gasteiger partial charge on any atom is 0.323 e. The highest BCUT2D eigenvalue weighted by molar-refractivity contribution is 5.19. The highest BCUT2D eigenvalue weighted by Gasteiger charge is 2.00. The minimum atomic E-state index is 0.567. The first-order chi connectivity index (χ1) is 4.34. The summed E-state index contributed by atoms with van der Waals surface area (Å²) in [7, 11) is 1.90. The van der Waals surface area contributed by atoms with Gasteiger partial charge >= 0.3 is 6.01 Å². The molecular formula is C5H9N3O. The molecule has 0 spiro atoms. The lowest BCUT2D eigenvalue weighted by molar-refractivity contribution is 0.418. The molecule has 1 rings (SSSR count). The fourth-order valence-electron chi connectivity index (χ4n) is 0.471. The Balaban J connectivity index is 2.65. The number of hydrogen-bond acceptors (Lipinski definition) is 4. The van der Waals surface area contributed by atoms with Gasteiger partial charge in [0, 0.05) is 13.6 Å². The summed E-state index contributed by atoms with van der Waals surface area (Å²) in [6, 6.07) is 0.567. The van der Waals surface area contributed by atoms with Gasteiger partial charge in [-0.15, -0.1) is 0 Å². The van der Waals surface area contributed by atoms with Crippen LogP contribution in [0.5, 0.6) is 0 Å². The Kier molecular flexibility index (Phi) is 1.67. The van der Waals surface area contributed by atoms with Crippen LogP contribution >= 0.6 is 0 Å². The lowest BCUT2D eigenvalue weighted by atomic mass is 10.7. The molecule has 0 atom stereocenters. The van der Waals surface area contributed by atoms with Crippen molar-refractivity contribution >= 4 is 6.01 Å². The molecule has 0 fully saturated rings. The second-order valence-corrected chi connectivity index (χ2v) is 1.74. The fraction of sp³-hybridized carbons (Fsp3) is 0.600. The van der Waals surface area contributed by atoms with Crippen LogP contribution in [0.3, 0.4) is 0 Å². The maximum absolute atomic E-state index is 4.75. The molecule has 1 aromatic rings. The molecule has 0 aliphatic heterocycles. The minimum absolute atomic E-state index is 0.567. The zero-order valence-electron chi connectivity index (χ0n) is 5.53. The summed E-state index contributed by atoms with van der Waals surface area (Å²) in [6.45, 7) is 2.90. The Labute approximate surface area is 53.5 Å². The Morgan fingerprint density at radius 2 is 2.56 bits per heavy atom. The molecular weight excluding hydrogens is 118 g/mol. The van der Waals surface area contributed by atoms with Crippen LogP contribution in [0, 0.1) is 0 Å². The number of rotatable bonds is 2. The topological polar surface area (TPSA) is 42.2 Å². The molecule has 1 heterocycles. The largest absolute Gasteiger partial charge is 0.328 e. The van der Waals surface area contributed by atoms with E-state index in [0.29, 0.717) is 6.01 Å². The van der Waals surface area contributed by atoms with Gasteiger partial charge in [-0.05, 0) is 6.92 Å². The quantitative estimate of drug-likeness (QED) is 0.581. The van der Waals surface area contributed by atoms with Gasteiger partial charge in [0.25, 0.3) is 0 Å². The van der Waals surface area contributed by atoms with Gasteiger partial charge in [0.05, 0.1) is 0 Å². The molecule has 4 nitrogen and oxygen atoms in total. The van der Waals surface area contributed by atoms with Crippen molar-refractivity contribution in [2.24, 2.45) is 0 Å². The van der Waals surface area contributed by atoms with Crippen molar-refractivity contribution in [2.45, 2.75) is 6.92 Å². The van der Waals surface area contributed by atoms with Gasteiger partial charge < -0.3 is 9.42 Å². The summed E-state index contributed by atoms with van der Waals surface area (Å²) in [5.74, 6) is 0. The van der Waals surface area contributed by atoms with Crippen molar-refractivity contribution in [1.29, 1.82) is 0 Å². The number of hydrogen-bond donors (Lipinski definition) is 0. The lowest BCUT2D eigenvalue weighted by Gasteiger charge is -2.07. The average molecular weight is 127 g/mol. The van der Waals surface area contributed by atoms with Gasteiger partial charge in [-0.25, -0.2) is 0 Å². The summed E-state index contributed by atoms with van der Waals surface area (Å²) >= 11 is 0. The molecule has 0 saturated carbocycles. The fourth-order valence-corrected chi connectivity index (χ4v) is 0.471. The van der Waals surface area contributed by atoms with Gasteiger partial charge in [-0.1, -0.05) is 5.16 Å². The Bertz CT molecular complexity index is 161. The molecule has 0 aliphatic rings. The highest BCUT2D eigenvalue weighted by Crippen LogP contribution is 2.02. The molecule has 0 aliphatic carbocycles. The average Bonchev–Trinajstić information content (AvgIpc) is 2.37. The number of nitrogens with zero attached hydrogens (tertiary/aromatic N) is 3. The molecule has 4 heteroatoms. The van der Waals surface area contributed by atoms with Crippen molar-refractivity contribution in [1.82, 2.24) is 10.1 Å². The van der Waals surface area contributed by atoms with E-state index in [1.165, 1.54) is 6.33 Å². The van der Waals surface area contributed by atoms with Crippen molar-refractivity contribution in [3.63, 3.8) is 0 Å². The second kappa shape index (κ2) is 2.48. The van der Waals surface area contributed by atoms with E-state index in [-0.39, 0.29) is 0 Å². The van der Waals surface area contributed by atoms with E-state index < -0.39 is 0 Å². The molecule has 9 heavy (non-hydrogen) atoms. The Morgan fingerprint density at radius 3 is 3.00 bits per heavy atom. The van der Waals surface area contributed by atoms with E-state index in [9.17, 15) is 0 Å². The van der Waals surface area contributed by atoms with Gasteiger partial charge in [0.2, 0.25) is 0 Å². The van der Waals surface area contributed by atoms with Crippen molar-refractivity contribution in [3.05, 3.63) is 6.33 Å². The highest BCUT2D eigenvalue weighted by atomic mass is 16.5. The molecule has 0 unspecified atom stereocenters. The molecule has 0 N–H and O–H groups in total. The Morgan fingerprint density at radius 1 is 1.78 bits per heavy atom. The van der Waals surface area contributed by atoms with Gasteiger partial charge in [-0.2, -0.15) is 4.98 Å². The third kappa shape index (κ3) is 1.19. The van der Waals surface area contributed by atoms with Crippen LogP contribution in [0.2, 0.25) is 0 Å². The molecule has 0 saturated heterocycles. The summed E-state index contributed by atoms with van der Waals surface area (Å²) in [6.07, 6.45) is 1.39. The molecule has 0 aromatic carbocycles. The lowest BCUT2D eigenvalue weighted by Crippen LogP contribution is -2.15. The normalized spacial score (nSPS) is 9.56. The van der Waals surface area contributed by atoms with E-state index >= 15 is 0 Å². The van der Waals surface area contributed by atoms with E-state index in [1.54, 1.807) is 0 Å². The van der Waals surface area contributed by atoms with Crippen LogP contribution < -0.4 is 4.90 Å². The van der Waals surface area contributed by atoms with Crippen molar-refractivity contribution < 1.29 is 4.52 Å². The standard InChI is InChI=1S/C5H9N3O/c1-3-8(2)5-6-4-7-9-5/h4H,3H2,1-2H3.